The van der Waals surface area contributed by atoms with Crippen LogP contribution in [0.25, 0.3) is 11.4 Å². The lowest BCUT2D eigenvalue weighted by Crippen LogP contribution is -2.19. The first-order chi connectivity index (χ1) is 17.2. The second-order valence-electron chi connectivity index (χ2n) is 9.52. The molecule has 9 nitrogen and oxygen atoms in total. The van der Waals surface area contributed by atoms with E-state index in [4.69, 9.17) is 23.1 Å². The topological polar surface area (TPSA) is 117 Å². The van der Waals surface area contributed by atoms with E-state index >= 15 is 0 Å². The maximum absolute atomic E-state index is 6.08. The summed E-state index contributed by atoms with van der Waals surface area (Å²) in [6.45, 7) is 10.6. The lowest BCUT2D eigenvalue weighted by molar-refractivity contribution is 0.770. The Hall–Kier alpha value is -3.59. The zero-order chi connectivity index (χ0) is 25.8. The fourth-order valence-corrected chi connectivity index (χ4v) is 4.16. The van der Waals surface area contributed by atoms with E-state index in [9.17, 15) is 0 Å². The van der Waals surface area contributed by atoms with Crippen LogP contribution >= 0.6 is 11.6 Å². The quantitative estimate of drug-likeness (QED) is 0.356. The van der Waals surface area contributed by atoms with Crippen LogP contribution in [-0.4, -0.2) is 42.6 Å². The van der Waals surface area contributed by atoms with Gasteiger partial charge in [-0.05, 0) is 36.8 Å². The molecule has 190 valence electrons. The Morgan fingerprint density at radius 3 is 1.72 bits per heavy atom. The number of rotatable bonds is 5. The normalized spacial score (nSPS) is 13.4. The summed E-state index contributed by atoms with van der Waals surface area (Å²) in [5.74, 6) is 3.01. The molecule has 0 aromatic carbocycles. The van der Waals surface area contributed by atoms with E-state index in [0.717, 1.165) is 41.7 Å². The van der Waals surface area contributed by atoms with Gasteiger partial charge in [0, 0.05) is 49.7 Å². The highest BCUT2D eigenvalue weighted by molar-refractivity contribution is 6.29. The van der Waals surface area contributed by atoms with E-state index in [0.29, 0.717) is 28.6 Å². The molecular weight excluding hydrogens is 474 g/mol. The van der Waals surface area contributed by atoms with Gasteiger partial charge in [-0.25, -0.2) is 19.3 Å². The number of halogens is 1. The molecule has 1 saturated heterocycles. The van der Waals surface area contributed by atoms with Crippen molar-refractivity contribution in [3.05, 3.63) is 65.3 Å². The van der Waals surface area contributed by atoms with E-state index in [-0.39, 0.29) is 0 Å². The van der Waals surface area contributed by atoms with E-state index in [1.165, 1.54) is 12.8 Å². The smallest absolute Gasteiger partial charge is 0.131 e. The summed E-state index contributed by atoms with van der Waals surface area (Å²) in [7, 11) is 0. The molecule has 0 unspecified atom stereocenters. The minimum absolute atomic E-state index is 0.348. The first-order valence-electron chi connectivity index (χ1n) is 12.3. The van der Waals surface area contributed by atoms with Gasteiger partial charge in [-0.1, -0.05) is 39.3 Å². The molecule has 1 aliphatic rings. The Morgan fingerprint density at radius 1 is 0.750 bits per heavy atom. The summed E-state index contributed by atoms with van der Waals surface area (Å²) >= 11 is 5.82. The Morgan fingerprint density at radius 2 is 1.25 bits per heavy atom. The number of hydrogen-bond acceptors (Lipinski definition) is 7. The van der Waals surface area contributed by atoms with Crippen LogP contribution in [0.4, 0.5) is 17.5 Å². The van der Waals surface area contributed by atoms with Crippen LogP contribution in [0.5, 0.6) is 0 Å². The SMILES string of the molecule is CC(C)c1cc(N)n(-c2ccnc(Cl)c2)n1.CC(C)c1cc(N)n(-c2ccnc(N3CCCC3)c2)n1. The summed E-state index contributed by atoms with van der Waals surface area (Å²) in [4.78, 5) is 10.7. The number of aromatic nitrogens is 6. The van der Waals surface area contributed by atoms with Gasteiger partial charge in [-0.2, -0.15) is 10.2 Å². The van der Waals surface area contributed by atoms with Crippen molar-refractivity contribution in [2.75, 3.05) is 29.5 Å². The van der Waals surface area contributed by atoms with Gasteiger partial charge in [-0.3, -0.25) is 0 Å². The van der Waals surface area contributed by atoms with Gasteiger partial charge < -0.3 is 16.4 Å². The summed E-state index contributed by atoms with van der Waals surface area (Å²) < 4.78 is 3.47. The van der Waals surface area contributed by atoms with Crippen molar-refractivity contribution in [3.63, 3.8) is 0 Å². The van der Waals surface area contributed by atoms with Gasteiger partial charge >= 0.3 is 0 Å². The van der Waals surface area contributed by atoms with Crippen molar-refractivity contribution in [3.8, 4) is 11.4 Å². The van der Waals surface area contributed by atoms with Gasteiger partial charge in [0.05, 0.1) is 22.8 Å². The first kappa shape index (κ1) is 25.5. The van der Waals surface area contributed by atoms with Crippen LogP contribution in [0.1, 0.15) is 63.8 Å². The Balaban J connectivity index is 0.000000174. The van der Waals surface area contributed by atoms with Gasteiger partial charge in [-0.15, -0.1) is 0 Å². The summed E-state index contributed by atoms with van der Waals surface area (Å²) in [5, 5.41) is 9.45. The van der Waals surface area contributed by atoms with E-state index in [1.54, 1.807) is 21.6 Å². The lowest BCUT2D eigenvalue weighted by Gasteiger charge is -2.17. The van der Waals surface area contributed by atoms with Crippen molar-refractivity contribution >= 4 is 29.1 Å². The largest absolute Gasteiger partial charge is 0.384 e. The van der Waals surface area contributed by atoms with E-state index < -0.39 is 0 Å². The third-order valence-corrected chi connectivity index (χ3v) is 6.26. The van der Waals surface area contributed by atoms with E-state index in [2.05, 4.69) is 58.8 Å². The van der Waals surface area contributed by atoms with Crippen molar-refractivity contribution in [1.29, 1.82) is 0 Å². The predicted octanol–water partition coefficient (Wildman–Crippen LogP) is 5.20. The molecule has 0 aliphatic carbocycles. The number of pyridine rings is 2. The molecule has 10 heteroatoms. The number of nitrogens with zero attached hydrogens (tertiary/aromatic N) is 7. The summed E-state index contributed by atoms with van der Waals surface area (Å²) in [5.41, 5.74) is 15.8. The van der Waals surface area contributed by atoms with Crippen molar-refractivity contribution < 1.29 is 0 Å². The number of nitrogen functional groups attached to an aromatic ring is 2. The molecule has 5 heterocycles. The maximum Gasteiger partial charge on any atom is 0.131 e. The second-order valence-corrected chi connectivity index (χ2v) is 9.91. The highest BCUT2D eigenvalue weighted by atomic mass is 35.5. The molecule has 1 aliphatic heterocycles. The third kappa shape index (κ3) is 5.79. The Kier molecular flexibility index (Phi) is 7.79. The molecule has 5 rings (SSSR count). The minimum Gasteiger partial charge on any atom is -0.384 e. The summed E-state index contributed by atoms with van der Waals surface area (Å²) in [6.07, 6.45) is 5.95. The first-order valence-corrected chi connectivity index (χ1v) is 12.6. The number of hydrogen-bond donors (Lipinski definition) is 2. The average molecular weight is 508 g/mol. The molecular formula is C26H34ClN9. The molecule has 0 spiro atoms. The van der Waals surface area contributed by atoms with Crippen LogP contribution in [-0.2, 0) is 0 Å². The predicted molar refractivity (Wildman–Crippen MR) is 146 cm³/mol. The van der Waals surface area contributed by atoms with Crippen LogP contribution in [0.3, 0.4) is 0 Å². The molecule has 36 heavy (non-hydrogen) atoms. The van der Waals surface area contributed by atoms with Crippen LogP contribution in [0.2, 0.25) is 5.15 Å². The number of nitrogens with two attached hydrogens (primary N) is 2. The standard InChI is InChI=1S/C15H21N5.C11H13ClN4/c1-11(2)13-10-14(16)20(18-13)12-5-6-17-15(9-12)19-7-3-4-8-19;1-7(2)9-6-11(13)16(15-9)8-3-4-14-10(12)5-8/h5-6,9-11H,3-4,7-8,16H2,1-2H3;3-7H,13H2,1-2H3. The molecule has 0 bridgehead atoms. The van der Waals surface area contributed by atoms with Gasteiger partial charge in [0.2, 0.25) is 0 Å². The van der Waals surface area contributed by atoms with Gasteiger partial charge in [0.15, 0.2) is 0 Å². The van der Waals surface area contributed by atoms with Crippen LogP contribution in [0, 0.1) is 0 Å². The summed E-state index contributed by atoms with van der Waals surface area (Å²) in [6, 6.07) is 11.4. The average Bonchev–Trinajstić information content (AvgIpc) is 3.60. The van der Waals surface area contributed by atoms with Gasteiger partial charge in [0.1, 0.15) is 22.6 Å². The van der Waals surface area contributed by atoms with Crippen molar-refractivity contribution in [2.45, 2.75) is 52.4 Å². The molecule has 4 N–H and O–H groups in total. The second kappa shape index (κ2) is 11.0. The lowest BCUT2D eigenvalue weighted by atomic mass is 10.1. The zero-order valence-corrected chi connectivity index (χ0v) is 22.0. The number of anilines is 3. The monoisotopic (exact) mass is 507 g/mol. The minimum atomic E-state index is 0.348. The van der Waals surface area contributed by atoms with Crippen LogP contribution < -0.4 is 16.4 Å². The van der Waals surface area contributed by atoms with Gasteiger partial charge in [0.25, 0.3) is 0 Å². The van der Waals surface area contributed by atoms with Crippen molar-refractivity contribution in [1.82, 2.24) is 29.5 Å². The molecule has 0 atom stereocenters. The zero-order valence-electron chi connectivity index (χ0n) is 21.3. The molecule has 0 saturated carbocycles. The molecule has 1 fully saturated rings. The fraction of sp³-hybridized carbons (Fsp3) is 0.385. The highest BCUT2D eigenvalue weighted by Crippen LogP contribution is 2.24. The van der Waals surface area contributed by atoms with Crippen LogP contribution in [0.15, 0.2) is 48.8 Å². The Bertz CT molecular complexity index is 1300. The Labute approximate surface area is 217 Å². The fourth-order valence-electron chi connectivity index (χ4n) is 3.99. The van der Waals surface area contributed by atoms with E-state index in [1.807, 2.05) is 30.5 Å². The molecule has 4 aromatic rings. The maximum atomic E-state index is 6.08. The van der Waals surface area contributed by atoms with Crippen molar-refractivity contribution in [2.24, 2.45) is 0 Å². The molecule has 0 radical (unpaired) electrons. The third-order valence-electron chi connectivity index (χ3n) is 6.05. The molecule has 0 amide bonds. The molecule has 4 aromatic heterocycles. The highest BCUT2D eigenvalue weighted by Gasteiger charge is 2.16.